The fraction of sp³-hybridized carbons (Fsp3) is 0.450. The van der Waals surface area contributed by atoms with Gasteiger partial charge < -0.3 is 37.1 Å². The van der Waals surface area contributed by atoms with Crippen molar-refractivity contribution in [2.24, 2.45) is 5.73 Å². The van der Waals surface area contributed by atoms with E-state index in [1.54, 1.807) is 38.2 Å². The summed E-state index contributed by atoms with van der Waals surface area (Å²) in [7, 11) is 3.02. The minimum atomic E-state index is -1.18. The normalized spacial score (nSPS) is 13.1. The van der Waals surface area contributed by atoms with Crippen molar-refractivity contribution >= 4 is 35.4 Å². The van der Waals surface area contributed by atoms with Gasteiger partial charge >= 0.3 is 6.09 Å². The molecule has 7 N–H and O–H groups in total. The van der Waals surface area contributed by atoms with Gasteiger partial charge in [-0.05, 0) is 38.6 Å². The molecule has 0 heterocycles. The first kappa shape index (κ1) is 26.4. The Morgan fingerprint density at radius 2 is 1.50 bits per heavy atom. The second-order valence-corrected chi connectivity index (χ2v) is 6.97. The number of benzene rings is 1. The molecule has 0 aliphatic carbocycles. The number of likely N-dealkylation sites (N-methyl/N-ethyl adjacent to an activating group) is 1. The van der Waals surface area contributed by atoms with Gasteiger partial charge in [-0.2, -0.15) is 0 Å². The number of amides is 5. The van der Waals surface area contributed by atoms with Crippen LogP contribution >= 0.6 is 0 Å². The Bertz CT molecular complexity index is 828. The summed E-state index contributed by atoms with van der Waals surface area (Å²) in [6.07, 6.45) is -1.20. The van der Waals surface area contributed by atoms with Crippen molar-refractivity contribution in [2.45, 2.75) is 45.0 Å². The molecule has 0 aliphatic heterocycles. The SMILES string of the molecule is CNC(=O)C[C@H](NC(=O)C(C)NC(=O)[C@H](C)NC)C(=O)Nc1ccc(COC(N)=O)cc1. The van der Waals surface area contributed by atoms with Crippen molar-refractivity contribution in [3.05, 3.63) is 29.8 Å². The maximum Gasteiger partial charge on any atom is 0.404 e. The van der Waals surface area contributed by atoms with E-state index >= 15 is 0 Å². The summed E-state index contributed by atoms with van der Waals surface area (Å²) in [5.41, 5.74) is 5.97. The van der Waals surface area contributed by atoms with Crippen molar-refractivity contribution in [1.82, 2.24) is 21.3 Å². The van der Waals surface area contributed by atoms with E-state index in [0.29, 0.717) is 11.3 Å². The topological polar surface area (TPSA) is 181 Å². The molecule has 1 unspecified atom stereocenters. The quantitative estimate of drug-likeness (QED) is 0.249. The second-order valence-electron chi connectivity index (χ2n) is 6.97. The minimum Gasteiger partial charge on any atom is -0.445 e. The lowest BCUT2D eigenvalue weighted by atomic mass is 10.1. The van der Waals surface area contributed by atoms with E-state index < -0.39 is 41.9 Å². The molecule has 1 rings (SSSR count). The van der Waals surface area contributed by atoms with Crippen LogP contribution in [-0.2, 0) is 30.5 Å². The predicted octanol–water partition coefficient (Wildman–Crippen LogP) is -1.05. The summed E-state index contributed by atoms with van der Waals surface area (Å²) in [6.45, 7) is 3.08. The first-order valence-electron chi connectivity index (χ1n) is 9.88. The van der Waals surface area contributed by atoms with Gasteiger partial charge in [0.2, 0.25) is 23.6 Å². The number of nitrogens with two attached hydrogens (primary N) is 1. The van der Waals surface area contributed by atoms with Crippen LogP contribution in [0.4, 0.5) is 10.5 Å². The van der Waals surface area contributed by atoms with E-state index in [2.05, 4.69) is 31.3 Å². The molecule has 176 valence electrons. The molecule has 12 heteroatoms. The number of nitrogens with one attached hydrogen (secondary N) is 5. The average Bonchev–Trinajstić information content (AvgIpc) is 2.76. The smallest absolute Gasteiger partial charge is 0.404 e. The number of primary amides is 1. The summed E-state index contributed by atoms with van der Waals surface area (Å²) in [4.78, 5) is 59.7. The zero-order valence-corrected chi connectivity index (χ0v) is 18.5. The van der Waals surface area contributed by atoms with Crippen LogP contribution in [0.25, 0.3) is 0 Å². The Balaban J connectivity index is 2.81. The molecule has 0 saturated heterocycles. The number of rotatable bonds is 11. The molecule has 3 atom stereocenters. The molecular weight excluding hydrogens is 420 g/mol. The third kappa shape index (κ3) is 9.00. The number of ether oxygens (including phenoxy) is 1. The number of anilines is 1. The fourth-order valence-corrected chi connectivity index (χ4v) is 2.40. The molecule has 0 bridgehead atoms. The Labute approximate surface area is 186 Å². The molecule has 32 heavy (non-hydrogen) atoms. The highest BCUT2D eigenvalue weighted by Gasteiger charge is 2.27. The molecule has 0 saturated carbocycles. The second kappa shape index (κ2) is 12.9. The molecule has 0 fully saturated rings. The van der Waals surface area contributed by atoms with E-state index in [9.17, 15) is 24.0 Å². The van der Waals surface area contributed by atoms with Crippen molar-refractivity contribution in [1.29, 1.82) is 0 Å². The van der Waals surface area contributed by atoms with Crippen molar-refractivity contribution in [3.63, 3.8) is 0 Å². The van der Waals surface area contributed by atoms with Gasteiger partial charge in [0.1, 0.15) is 18.7 Å². The third-order valence-corrected chi connectivity index (χ3v) is 4.48. The maximum absolute atomic E-state index is 12.7. The summed E-state index contributed by atoms with van der Waals surface area (Å²) in [5, 5.41) is 12.8. The van der Waals surface area contributed by atoms with Gasteiger partial charge in [-0.1, -0.05) is 12.1 Å². The molecule has 0 spiro atoms. The Morgan fingerprint density at radius 3 is 2.03 bits per heavy atom. The molecule has 5 amide bonds. The predicted molar refractivity (Wildman–Crippen MR) is 116 cm³/mol. The highest BCUT2D eigenvalue weighted by molar-refractivity contribution is 6.00. The largest absolute Gasteiger partial charge is 0.445 e. The van der Waals surface area contributed by atoms with Crippen LogP contribution in [-0.4, -0.2) is 61.9 Å². The van der Waals surface area contributed by atoms with E-state index in [4.69, 9.17) is 5.73 Å². The standard InChI is InChI=1S/C20H30N6O6/c1-11(22-3)17(28)24-12(2)18(29)26-15(9-16(27)23-4)19(30)25-14-7-5-13(6-8-14)10-32-20(21)31/h5-8,11-12,15,22H,9-10H2,1-4H3,(H2,21,31)(H,23,27)(H,24,28)(H,25,30)(H,26,29)/t11-,12?,15-/m0/s1. The number of hydrogen-bond donors (Lipinski definition) is 6. The van der Waals surface area contributed by atoms with Crippen molar-refractivity contribution in [2.75, 3.05) is 19.4 Å². The van der Waals surface area contributed by atoms with Gasteiger partial charge in [0, 0.05) is 12.7 Å². The van der Waals surface area contributed by atoms with Crippen LogP contribution in [0, 0.1) is 0 Å². The fourth-order valence-electron chi connectivity index (χ4n) is 2.40. The van der Waals surface area contributed by atoms with E-state index in [0.717, 1.165) is 0 Å². The van der Waals surface area contributed by atoms with Crippen LogP contribution < -0.4 is 32.3 Å². The lowest BCUT2D eigenvalue weighted by molar-refractivity contribution is -0.132. The molecule has 0 aliphatic rings. The van der Waals surface area contributed by atoms with Gasteiger partial charge in [-0.25, -0.2) is 4.79 Å². The van der Waals surface area contributed by atoms with Crippen LogP contribution in [0.3, 0.4) is 0 Å². The lowest BCUT2D eigenvalue weighted by Crippen LogP contribution is -2.54. The first-order valence-corrected chi connectivity index (χ1v) is 9.88. The Morgan fingerprint density at radius 1 is 0.906 bits per heavy atom. The average molecular weight is 450 g/mol. The van der Waals surface area contributed by atoms with Crippen LogP contribution in [0.1, 0.15) is 25.8 Å². The van der Waals surface area contributed by atoms with Crippen LogP contribution in [0.2, 0.25) is 0 Å². The van der Waals surface area contributed by atoms with Gasteiger partial charge in [0.15, 0.2) is 0 Å². The summed E-state index contributed by atoms with van der Waals surface area (Å²) >= 11 is 0. The molecule has 0 aromatic heterocycles. The third-order valence-electron chi connectivity index (χ3n) is 4.48. The maximum atomic E-state index is 12.7. The molecule has 1 aromatic rings. The lowest BCUT2D eigenvalue weighted by Gasteiger charge is -2.22. The summed E-state index contributed by atoms with van der Waals surface area (Å²) in [6, 6.07) is 3.75. The highest BCUT2D eigenvalue weighted by Crippen LogP contribution is 2.11. The van der Waals surface area contributed by atoms with Gasteiger partial charge in [0.25, 0.3) is 0 Å². The number of hydrogen-bond acceptors (Lipinski definition) is 7. The van der Waals surface area contributed by atoms with Crippen molar-refractivity contribution in [3.8, 4) is 0 Å². The van der Waals surface area contributed by atoms with Gasteiger partial charge in [-0.15, -0.1) is 0 Å². The van der Waals surface area contributed by atoms with Crippen LogP contribution in [0.15, 0.2) is 24.3 Å². The monoisotopic (exact) mass is 450 g/mol. The highest BCUT2D eigenvalue weighted by atomic mass is 16.5. The van der Waals surface area contributed by atoms with Crippen LogP contribution in [0.5, 0.6) is 0 Å². The zero-order chi connectivity index (χ0) is 24.3. The van der Waals surface area contributed by atoms with E-state index in [1.165, 1.54) is 14.0 Å². The molecular formula is C20H30N6O6. The van der Waals surface area contributed by atoms with Gasteiger partial charge in [-0.3, -0.25) is 19.2 Å². The molecule has 0 radical (unpaired) electrons. The van der Waals surface area contributed by atoms with E-state index in [1.807, 2.05) is 0 Å². The number of carbonyl (C=O) groups is 5. The number of carbonyl (C=O) groups excluding carboxylic acids is 5. The Kier molecular flexibility index (Phi) is 10.6. The van der Waals surface area contributed by atoms with E-state index in [-0.39, 0.29) is 18.9 Å². The van der Waals surface area contributed by atoms with Crippen molar-refractivity contribution < 1.29 is 28.7 Å². The van der Waals surface area contributed by atoms with Gasteiger partial charge in [0.05, 0.1) is 12.5 Å². The Hall–Kier alpha value is -3.67. The molecule has 12 nitrogen and oxygen atoms in total. The minimum absolute atomic E-state index is 0.0192. The first-order chi connectivity index (χ1) is 15.1. The molecule has 1 aromatic carbocycles. The summed E-state index contributed by atoms with van der Waals surface area (Å²) in [5.74, 6) is -2.08. The zero-order valence-electron chi connectivity index (χ0n) is 18.5. The summed E-state index contributed by atoms with van der Waals surface area (Å²) < 4.78 is 4.68.